The Morgan fingerprint density at radius 2 is 1.90 bits per heavy atom. The lowest BCUT2D eigenvalue weighted by molar-refractivity contribution is 0.446. The lowest BCUT2D eigenvalue weighted by Gasteiger charge is -2.17. The topological polar surface area (TPSA) is 55.9 Å². The summed E-state index contributed by atoms with van der Waals surface area (Å²) in [5.74, 6) is 5.75. The SMILES string of the molecule is CCCCCCCC(Cc1c(Br)c(CC)nn1CC)NN. The number of hydrogen-bond donors (Lipinski definition) is 2. The lowest BCUT2D eigenvalue weighted by Crippen LogP contribution is -2.37. The highest BCUT2D eigenvalue weighted by atomic mass is 79.9. The second-order valence-corrected chi connectivity index (χ2v) is 6.44. The van der Waals surface area contributed by atoms with Crippen molar-refractivity contribution in [3.8, 4) is 0 Å². The minimum Gasteiger partial charge on any atom is -0.271 e. The van der Waals surface area contributed by atoms with Gasteiger partial charge in [0.1, 0.15) is 0 Å². The fraction of sp³-hybridized carbons (Fsp3) is 0.812. The summed E-state index contributed by atoms with van der Waals surface area (Å²) in [5, 5.41) is 4.66. The summed E-state index contributed by atoms with van der Waals surface area (Å²) >= 11 is 3.71. The highest BCUT2D eigenvalue weighted by Gasteiger charge is 2.17. The van der Waals surface area contributed by atoms with E-state index in [2.05, 4.69) is 51.9 Å². The molecule has 5 heteroatoms. The number of nitrogens with zero attached hydrogens (tertiary/aromatic N) is 2. The van der Waals surface area contributed by atoms with Gasteiger partial charge in [0.05, 0.1) is 15.9 Å². The molecule has 0 saturated heterocycles. The zero-order valence-corrected chi connectivity index (χ0v) is 15.4. The van der Waals surface area contributed by atoms with Crippen molar-refractivity contribution in [2.24, 2.45) is 5.84 Å². The van der Waals surface area contributed by atoms with Crippen molar-refractivity contribution in [2.75, 3.05) is 0 Å². The van der Waals surface area contributed by atoms with E-state index in [1.54, 1.807) is 0 Å². The molecule has 0 saturated carbocycles. The Hall–Kier alpha value is -0.390. The monoisotopic (exact) mass is 358 g/mol. The Kier molecular flexibility index (Phi) is 9.20. The van der Waals surface area contributed by atoms with Crippen LogP contribution in [0.2, 0.25) is 0 Å². The molecule has 0 fully saturated rings. The van der Waals surface area contributed by atoms with Gasteiger partial charge in [0.15, 0.2) is 0 Å². The standard InChI is InChI=1S/C16H31BrN4/c1-4-7-8-9-10-11-13(19-18)12-15-16(17)14(5-2)20-21(15)6-3/h13,19H,4-12,18H2,1-3H3. The van der Waals surface area contributed by atoms with E-state index in [4.69, 9.17) is 5.84 Å². The highest BCUT2D eigenvalue weighted by molar-refractivity contribution is 9.10. The van der Waals surface area contributed by atoms with Crippen LogP contribution in [0.5, 0.6) is 0 Å². The van der Waals surface area contributed by atoms with Gasteiger partial charge in [-0.3, -0.25) is 16.0 Å². The number of unbranched alkanes of at least 4 members (excludes halogenated alkanes) is 4. The van der Waals surface area contributed by atoms with Crippen LogP contribution in [0.4, 0.5) is 0 Å². The van der Waals surface area contributed by atoms with Crippen LogP contribution in [0.3, 0.4) is 0 Å². The molecule has 0 bridgehead atoms. The van der Waals surface area contributed by atoms with E-state index in [1.807, 2.05) is 0 Å². The van der Waals surface area contributed by atoms with Gasteiger partial charge in [-0.15, -0.1) is 0 Å². The van der Waals surface area contributed by atoms with Gasteiger partial charge in [0.2, 0.25) is 0 Å². The third-order valence-corrected chi connectivity index (χ3v) is 4.94. The summed E-state index contributed by atoms with van der Waals surface area (Å²) in [4.78, 5) is 0. The molecule has 122 valence electrons. The summed E-state index contributed by atoms with van der Waals surface area (Å²) < 4.78 is 3.27. The first-order chi connectivity index (χ1) is 10.2. The molecule has 21 heavy (non-hydrogen) atoms. The normalized spacial score (nSPS) is 12.8. The van der Waals surface area contributed by atoms with Crippen LogP contribution < -0.4 is 11.3 Å². The van der Waals surface area contributed by atoms with Crippen LogP contribution in [0, 0.1) is 0 Å². The first-order valence-corrected chi connectivity index (χ1v) is 9.17. The van der Waals surface area contributed by atoms with Gasteiger partial charge in [0.25, 0.3) is 0 Å². The number of aryl methyl sites for hydroxylation is 2. The Morgan fingerprint density at radius 3 is 2.48 bits per heavy atom. The third kappa shape index (κ3) is 5.72. The fourth-order valence-electron chi connectivity index (χ4n) is 2.68. The lowest BCUT2D eigenvalue weighted by atomic mass is 10.0. The van der Waals surface area contributed by atoms with E-state index in [1.165, 1.54) is 37.8 Å². The van der Waals surface area contributed by atoms with Crippen LogP contribution in [-0.4, -0.2) is 15.8 Å². The van der Waals surface area contributed by atoms with Crippen molar-refractivity contribution >= 4 is 15.9 Å². The largest absolute Gasteiger partial charge is 0.271 e. The molecular weight excluding hydrogens is 328 g/mol. The minimum atomic E-state index is 0.328. The Bertz CT molecular complexity index is 403. The molecular formula is C16H31BrN4. The molecule has 1 atom stereocenters. The van der Waals surface area contributed by atoms with E-state index >= 15 is 0 Å². The van der Waals surface area contributed by atoms with Crippen molar-refractivity contribution in [1.82, 2.24) is 15.2 Å². The quantitative estimate of drug-likeness (QED) is 0.357. The molecule has 0 aliphatic rings. The molecule has 0 amide bonds. The molecule has 1 aromatic heterocycles. The zero-order valence-electron chi connectivity index (χ0n) is 13.8. The van der Waals surface area contributed by atoms with Gasteiger partial charge < -0.3 is 0 Å². The second-order valence-electron chi connectivity index (χ2n) is 5.65. The van der Waals surface area contributed by atoms with E-state index in [0.29, 0.717) is 6.04 Å². The maximum absolute atomic E-state index is 5.75. The highest BCUT2D eigenvalue weighted by Crippen LogP contribution is 2.24. The van der Waals surface area contributed by atoms with E-state index in [0.717, 1.165) is 36.0 Å². The van der Waals surface area contributed by atoms with Crippen LogP contribution >= 0.6 is 15.9 Å². The molecule has 0 spiro atoms. The van der Waals surface area contributed by atoms with Crippen LogP contribution in [0.1, 0.15) is 70.7 Å². The number of rotatable bonds is 11. The van der Waals surface area contributed by atoms with E-state index in [-0.39, 0.29) is 0 Å². The first kappa shape index (κ1) is 18.7. The summed E-state index contributed by atoms with van der Waals surface area (Å²) in [5.41, 5.74) is 5.40. The molecule has 1 heterocycles. The van der Waals surface area contributed by atoms with E-state index < -0.39 is 0 Å². The van der Waals surface area contributed by atoms with Gasteiger partial charge in [0, 0.05) is 19.0 Å². The summed E-state index contributed by atoms with van der Waals surface area (Å²) in [6, 6.07) is 0.328. The van der Waals surface area contributed by atoms with Crippen LogP contribution in [0.15, 0.2) is 4.47 Å². The molecule has 1 unspecified atom stereocenters. The number of hydrazine groups is 1. The number of nitrogens with two attached hydrogens (primary N) is 1. The van der Waals surface area contributed by atoms with Gasteiger partial charge in [-0.2, -0.15) is 5.10 Å². The average Bonchev–Trinajstić information content (AvgIpc) is 2.81. The fourth-order valence-corrected chi connectivity index (χ4v) is 3.41. The Morgan fingerprint density at radius 1 is 1.19 bits per heavy atom. The van der Waals surface area contributed by atoms with Gasteiger partial charge in [-0.1, -0.05) is 46.0 Å². The maximum Gasteiger partial charge on any atom is 0.0766 e. The molecule has 0 aromatic carbocycles. The van der Waals surface area contributed by atoms with Crippen molar-refractivity contribution in [3.05, 3.63) is 15.9 Å². The number of nitrogens with one attached hydrogen (secondary N) is 1. The van der Waals surface area contributed by atoms with Gasteiger partial charge in [-0.25, -0.2) is 0 Å². The minimum absolute atomic E-state index is 0.328. The predicted molar refractivity (Wildman–Crippen MR) is 93.2 cm³/mol. The molecule has 1 rings (SSSR count). The first-order valence-electron chi connectivity index (χ1n) is 8.37. The predicted octanol–water partition coefficient (Wildman–Crippen LogP) is 3.96. The maximum atomic E-state index is 5.75. The number of hydrogen-bond acceptors (Lipinski definition) is 3. The molecule has 0 radical (unpaired) electrons. The molecule has 3 N–H and O–H groups in total. The number of halogens is 1. The molecule has 0 aliphatic heterocycles. The van der Waals surface area contributed by atoms with Crippen molar-refractivity contribution in [2.45, 2.75) is 84.7 Å². The summed E-state index contributed by atoms with van der Waals surface area (Å²) in [6.45, 7) is 7.43. The Labute approximate surface area is 138 Å². The molecule has 1 aromatic rings. The third-order valence-electron chi connectivity index (χ3n) is 4.03. The van der Waals surface area contributed by atoms with Crippen molar-refractivity contribution in [1.29, 1.82) is 0 Å². The van der Waals surface area contributed by atoms with E-state index in [9.17, 15) is 0 Å². The average molecular weight is 359 g/mol. The number of aromatic nitrogens is 2. The van der Waals surface area contributed by atoms with Gasteiger partial charge >= 0.3 is 0 Å². The summed E-state index contributed by atoms with van der Waals surface area (Å²) in [7, 11) is 0. The smallest absolute Gasteiger partial charge is 0.0766 e. The second kappa shape index (κ2) is 10.4. The Balaban J connectivity index is 2.58. The molecule has 0 aliphatic carbocycles. The van der Waals surface area contributed by atoms with Gasteiger partial charge in [-0.05, 0) is 35.7 Å². The molecule has 4 nitrogen and oxygen atoms in total. The van der Waals surface area contributed by atoms with Crippen molar-refractivity contribution in [3.63, 3.8) is 0 Å². The zero-order chi connectivity index (χ0) is 15.7. The summed E-state index contributed by atoms with van der Waals surface area (Å²) in [6.07, 6.45) is 9.54. The van der Waals surface area contributed by atoms with Crippen molar-refractivity contribution < 1.29 is 0 Å². The van der Waals surface area contributed by atoms with Crippen LogP contribution in [0.25, 0.3) is 0 Å². The van der Waals surface area contributed by atoms with Crippen LogP contribution in [-0.2, 0) is 19.4 Å².